The van der Waals surface area contributed by atoms with Gasteiger partial charge in [0.2, 0.25) is 5.91 Å². The first-order chi connectivity index (χ1) is 7.08. The first kappa shape index (κ1) is 9.95. The predicted molar refractivity (Wildman–Crippen MR) is 50.9 cm³/mol. The molecule has 2 aliphatic rings. The average Bonchev–Trinajstić information content (AvgIpc) is 2.92. The van der Waals surface area contributed by atoms with Gasteiger partial charge in [0, 0.05) is 13.1 Å². The Morgan fingerprint density at radius 1 is 1.47 bits per heavy atom. The third-order valence-corrected chi connectivity index (χ3v) is 2.48. The van der Waals surface area contributed by atoms with Crippen LogP contribution in [0.2, 0.25) is 0 Å². The van der Waals surface area contributed by atoms with Crippen molar-refractivity contribution in [3.05, 3.63) is 0 Å². The molecule has 2 fully saturated rings. The molecular weight excluding hydrogens is 198 g/mol. The van der Waals surface area contributed by atoms with Crippen molar-refractivity contribution >= 4 is 17.8 Å². The summed E-state index contributed by atoms with van der Waals surface area (Å²) in [5, 5.41) is 2.73. The Morgan fingerprint density at radius 3 is 2.60 bits per heavy atom. The molecule has 1 saturated heterocycles. The second kappa shape index (κ2) is 3.52. The van der Waals surface area contributed by atoms with Crippen LogP contribution in [0, 0.1) is 0 Å². The van der Waals surface area contributed by atoms with E-state index in [2.05, 4.69) is 5.32 Å². The summed E-state index contributed by atoms with van der Waals surface area (Å²) in [5.74, 6) is -0.567. The van der Waals surface area contributed by atoms with Gasteiger partial charge in [-0.25, -0.2) is 4.79 Å². The molecule has 1 saturated carbocycles. The Bertz CT molecular complexity index is 325. The largest absolute Gasteiger partial charge is 0.352 e. The van der Waals surface area contributed by atoms with Crippen LogP contribution in [0.25, 0.3) is 0 Å². The number of carbonyl (C=O) groups is 3. The molecule has 0 unspecified atom stereocenters. The van der Waals surface area contributed by atoms with Gasteiger partial charge in [-0.05, 0) is 12.8 Å². The van der Waals surface area contributed by atoms with E-state index in [4.69, 9.17) is 0 Å². The number of nitrogens with one attached hydrogen (secondary N) is 1. The lowest BCUT2D eigenvalue weighted by Gasteiger charge is -2.13. The Balaban J connectivity index is 1.89. The maximum absolute atomic E-state index is 11.4. The number of urea groups is 1. The Morgan fingerprint density at radius 2 is 2.13 bits per heavy atom. The van der Waals surface area contributed by atoms with Gasteiger partial charge in [-0.3, -0.25) is 14.5 Å². The van der Waals surface area contributed by atoms with Crippen molar-refractivity contribution in [1.29, 1.82) is 0 Å². The summed E-state index contributed by atoms with van der Waals surface area (Å²) in [4.78, 5) is 36.4. The molecule has 1 N–H and O–H groups in total. The van der Waals surface area contributed by atoms with Gasteiger partial charge >= 0.3 is 6.03 Å². The maximum Gasteiger partial charge on any atom is 0.327 e. The molecule has 1 aliphatic carbocycles. The highest BCUT2D eigenvalue weighted by atomic mass is 16.2. The molecule has 0 aromatic carbocycles. The van der Waals surface area contributed by atoms with Gasteiger partial charge in [-0.2, -0.15) is 0 Å². The zero-order chi connectivity index (χ0) is 11.0. The molecule has 15 heavy (non-hydrogen) atoms. The molecule has 0 aromatic heterocycles. The summed E-state index contributed by atoms with van der Waals surface area (Å²) in [6.07, 6.45) is 1.99. The van der Waals surface area contributed by atoms with Crippen molar-refractivity contribution in [3.8, 4) is 0 Å². The molecule has 82 valence electrons. The number of imide groups is 1. The lowest BCUT2D eigenvalue weighted by Crippen LogP contribution is -2.41. The predicted octanol–water partition coefficient (Wildman–Crippen LogP) is -0.841. The monoisotopic (exact) mass is 211 g/mol. The number of nitrogens with zero attached hydrogens (tertiary/aromatic N) is 2. The van der Waals surface area contributed by atoms with Crippen LogP contribution < -0.4 is 5.32 Å². The van der Waals surface area contributed by atoms with E-state index in [1.54, 1.807) is 7.05 Å². The summed E-state index contributed by atoms with van der Waals surface area (Å²) >= 11 is 0. The Kier molecular flexibility index (Phi) is 2.34. The second-order valence-corrected chi connectivity index (χ2v) is 3.96. The van der Waals surface area contributed by atoms with Gasteiger partial charge in [0.15, 0.2) is 0 Å². The molecule has 1 aliphatic heterocycles. The van der Waals surface area contributed by atoms with Crippen LogP contribution in [0.1, 0.15) is 12.8 Å². The summed E-state index contributed by atoms with van der Waals surface area (Å²) < 4.78 is 0. The SMILES string of the molecule is CN1CC(=O)N(CC(=O)NC2CC2)C1=O. The smallest absolute Gasteiger partial charge is 0.327 e. The minimum absolute atomic E-state index is 0.0650. The maximum atomic E-state index is 11.4. The van der Waals surface area contributed by atoms with Gasteiger partial charge in [-0.1, -0.05) is 0 Å². The normalized spacial score (nSPS) is 21.1. The zero-order valence-corrected chi connectivity index (χ0v) is 8.52. The summed E-state index contributed by atoms with van der Waals surface area (Å²) in [6.45, 7) is -0.0892. The number of carbonyl (C=O) groups excluding carboxylic acids is 3. The van der Waals surface area contributed by atoms with E-state index in [-0.39, 0.29) is 30.9 Å². The summed E-state index contributed by atoms with van der Waals surface area (Å²) in [7, 11) is 1.54. The molecule has 6 heteroatoms. The molecule has 6 nitrogen and oxygen atoms in total. The fraction of sp³-hybridized carbons (Fsp3) is 0.667. The Hall–Kier alpha value is -1.59. The van der Waals surface area contributed by atoms with Gasteiger partial charge in [0.25, 0.3) is 5.91 Å². The summed E-state index contributed by atoms with van der Waals surface area (Å²) in [6, 6.07) is -0.144. The first-order valence-corrected chi connectivity index (χ1v) is 4.93. The van der Waals surface area contributed by atoms with E-state index >= 15 is 0 Å². The molecule has 0 radical (unpaired) electrons. The van der Waals surface area contributed by atoms with E-state index in [1.165, 1.54) is 4.90 Å². The van der Waals surface area contributed by atoms with Gasteiger partial charge in [0.1, 0.15) is 13.1 Å². The van der Waals surface area contributed by atoms with Crippen molar-refractivity contribution < 1.29 is 14.4 Å². The van der Waals surface area contributed by atoms with Crippen LogP contribution in [0.5, 0.6) is 0 Å². The number of hydrogen-bond donors (Lipinski definition) is 1. The molecule has 0 spiro atoms. The number of rotatable bonds is 3. The zero-order valence-electron chi connectivity index (χ0n) is 8.52. The second-order valence-electron chi connectivity index (χ2n) is 3.96. The van der Waals surface area contributed by atoms with Crippen molar-refractivity contribution in [2.75, 3.05) is 20.1 Å². The third-order valence-electron chi connectivity index (χ3n) is 2.48. The van der Waals surface area contributed by atoms with Crippen LogP contribution >= 0.6 is 0 Å². The molecule has 0 aromatic rings. The number of hydrogen-bond acceptors (Lipinski definition) is 3. The number of likely N-dealkylation sites (N-methyl/N-ethyl adjacent to an activating group) is 1. The molecular formula is C9H13N3O3. The van der Waals surface area contributed by atoms with Gasteiger partial charge in [-0.15, -0.1) is 0 Å². The highest BCUT2D eigenvalue weighted by Gasteiger charge is 2.35. The topological polar surface area (TPSA) is 69.7 Å². The van der Waals surface area contributed by atoms with Crippen molar-refractivity contribution in [1.82, 2.24) is 15.1 Å². The summed E-state index contributed by atoms with van der Waals surface area (Å²) in [5.41, 5.74) is 0. The van der Waals surface area contributed by atoms with E-state index in [1.807, 2.05) is 0 Å². The van der Waals surface area contributed by atoms with Crippen LogP contribution in [0.15, 0.2) is 0 Å². The molecule has 2 rings (SSSR count). The van der Waals surface area contributed by atoms with Crippen molar-refractivity contribution in [3.63, 3.8) is 0 Å². The standard InChI is InChI=1S/C9H13N3O3/c1-11-5-8(14)12(9(11)15)4-7(13)10-6-2-3-6/h6H,2-5H2,1H3,(H,10,13). The molecule has 1 heterocycles. The van der Waals surface area contributed by atoms with Crippen LogP contribution in [-0.2, 0) is 9.59 Å². The van der Waals surface area contributed by atoms with Crippen LogP contribution in [0.3, 0.4) is 0 Å². The quantitative estimate of drug-likeness (QED) is 0.619. The van der Waals surface area contributed by atoms with E-state index < -0.39 is 6.03 Å². The first-order valence-electron chi connectivity index (χ1n) is 4.93. The number of amides is 4. The Labute approximate surface area is 87.2 Å². The lowest BCUT2D eigenvalue weighted by atomic mass is 10.4. The van der Waals surface area contributed by atoms with E-state index in [0.717, 1.165) is 17.7 Å². The highest BCUT2D eigenvalue weighted by Crippen LogP contribution is 2.18. The lowest BCUT2D eigenvalue weighted by molar-refractivity contribution is -0.130. The van der Waals surface area contributed by atoms with E-state index in [0.29, 0.717) is 0 Å². The minimum Gasteiger partial charge on any atom is -0.352 e. The van der Waals surface area contributed by atoms with Crippen molar-refractivity contribution in [2.45, 2.75) is 18.9 Å². The fourth-order valence-corrected chi connectivity index (χ4v) is 1.47. The highest BCUT2D eigenvalue weighted by molar-refractivity contribution is 6.04. The van der Waals surface area contributed by atoms with Gasteiger partial charge < -0.3 is 10.2 Å². The molecule has 0 bridgehead atoms. The molecule has 0 atom stereocenters. The fourth-order valence-electron chi connectivity index (χ4n) is 1.47. The van der Waals surface area contributed by atoms with Gasteiger partial charge in [0.05, 0.1) is 0 Å². The molecule has 4 amide bonds. The van der Waals surface area contributed by atoms with Crippen LogP contribution in [0.4, 0.5) is 4.79 Å². The van der Waals surface area contributed by atoms with Crippen molar-refractivity contribution in [2.24, 2.45) is 0 Å². The average molecular weight is 211 g/mol. The van der Waals surface area contributed by atoms with E-state index in [9.17, 15) is 14.4 Å². The third kappa shape index (κ3) is 2.08. The van der Waals surface area contributed by atoms with Crippen LogP contribution in [-0.4, -0.2) is 53.8 Å². The minimum atomic E-state index is -0.397.